The highest BCUT2D eigenvalue weighted by atomic mass is 32.2. The first-order valence-corrected chi connectivity index (χ1v) is 7.74. The molecule has 0 unspecified atom stereocenters. The summed E-state index contributed by atoms with van der Waals surface area (Å²) < 4.78 is 26.6. The van der Waals surface area contributed by atoms with E-state index in [2.05, 4.69) is 5.32 Å². The van der Waals surface area contributed by atoms with Gasteiger partial charge in [0.1, 0.15) is 0 Å². The molecule has 0 amide bonds. The van der Waals surface area contributed by atoms with Crippen LogP contribution in [0.25, 0.3) is 0 Å². The average Bonchev–Trinajstić information content (AvgIpc) is 2.61. The molecule has 0 atom stereocenters. The molecule has 0 spiro atoms. The maximum atomic E-state index is 12.5. The summed E-state index contributed by atoms with van der Waals surface area (Å²) in [5.74, 6) is 0. The van der Waals surface area contributed by atoms with Crippen molar-refractivity contribution in [3.63, 3.8) is 0 Å². The monoisotopic (exact) mass is 268 g/mol. The van der Waals surface area contributed by atoms with E-state index in [1.54, 1.807) is 16.4 Å². The molecule has 1 saturated heterocycles. The minimum absolute atomic E-state index is 0.410. The SMILES string of the molecule is Cc1ccc(S(=O)(=O)N2CCCNCC2)cc1C. The second kappa shape index (κ2) is 5.38. The molecule has 2 rings (SSSR count). The average molecular weight is 268 g/mol. The van der Waals surface area contributed by atoms with Crippen LogP contribution in [0.3, 0.4) is 0 Å². The molecule has 5 heteroatoms. The van der Waals surface area contributed by atoms with E-state index in [0.717, 1.165) is 30.6 Å². The molecule has 0 radical (unpaired) electrons. The Labute approximate surface area is 109 Å². The summed E-state index contributed by atoms with van der Waals surface area (Å²) in [5, 5.41) is 3.22. The van der Waals surface area contributed by atoms with Crippen LogP contribution >= 0.6 is 0 Å². The number of nitrogens with one attached hydrogen (secondary N) is 1. The summed E-state index contributed by atoms with van der Waals surface area (Å²) in [6.07, 6.45) is 0.865. The number of nitrogens with zero attached hydrogens (tertiary/aromatic N) is 1. The maximum Gasteiger partial charge on any atom is 0.243 e. The minimum Gasteiger partial charge on any atom is -0.315 e. The van der Waals surface area contributed by atoms with Crippen molar-refractivity contribution in [3.8, 4) is 0 Å². The molecule has 1 heterocycles. The van der Waals surface area contributed by atoms with Crippen LogP contribution in [-0.4, -0.2) is 38.9 Å². The Bertz CT molecular complexity index is 518. The maximum absolute atomic E-state index is 12.5. The third-order valence-corrected chi connectivity index (χ3v) is 5.31. The molecule has 0 bridgehead atoms. The van der Waals surface area contributed by atoms with E-state index in [1.807, 2.05) is 19.9 Å². The Balaban J connectivity index is 2.31. The molecule has 1 fully saturated rings. The zero-order chi connectivity index (χ0) is 13.2. The smallest absolute Gasteiger partial charge is 0.243 e. The van der Waals surface area contributed by atoms with Gasteiger partial charge in [0, 0.05) is 19.6 Å². The van der Waals surface area contributed by atoms with Crippen LogP contribution in [0.1, 0.15) is 17.5 Å². The third-order valence-electron chi connectivity index (χ3n) is 3.42. The van der Waals surface area contributed by atoms with Gasteiger partial charge in [0.15, 0.2) is 0 Å². The molecule has 1 aliphatic heterocycles. The van der Waals surface area contributed by atoms with E-state index in [4.69, 9.17) is 0 Å². The summed E-state index contributed by atoms with van der Waals surface area (Å²) in [7, 11) is -3.33. The van der Waals surface area contributed by atoms with Gasteiger partial charge in [0.25, 0.3) is 0 Å². The van der Waals surface area contributed by atoms with Crippen LogP contribution in [0.5, 0.6) is 0 Å². The van der Waals surface area contributed by atoms with Gasteiger partial charge in [-0.2, -0.15) is 4.31 Å². The van der Waals surface area contributed by atoms with Crippen molar-refractivity contribution in [2.75, 3.05) is 26.2 Å². The predicted octanol–water partition coefficient (Wildman–Crippen LogP) is 1.29. The molecule has 18 heavy (non-hydrogen) atoms. The summed E-state index contributed by atoms with van der Waals surface area (Å²) in [6, 6.07) is 5.34. The topological polar surface area (TPSA) is 49.4 Å². The van der Waals surface area contributed by atoms with Gasteiger partial charge < -0.3 is 5.32 Å². The first kappa shape index (κ1) is 13.5. The first-order valence-electron chi connectivity index (χ1n) is 6.30. The second-order valence-corrected chi connectivity index (χ2v) is 6.69. The van der Waals surface area contributed by atoms with Crippen LogP contribution in [0.2, 0.25) is 0 Å². The summed E-state index contributed by atoms with van der Waals surface area (Å²) >= 11 is 0. The van der Waals surface area contributed by atoms with Crippen LogP contribution < -0.4 is 5.32 Å². The third kappa shape index (κ3) is 2.74. The Morgan fingerprint density at radius 1 is 1.11 bits per heavy atom. The Morgan fingerprint density at radius 3 is 2.61 bits per heavy atom. The largest absolute Gasteiger partial charge is 0.315 e. The molecule has 1 N–H and O–H groups in total. The van der Waals surface area contributed by atoms with Crippen LogP contribution in [0.4, 0.5) is 0 Å². The molecular weight excluding hydrogens is 248 g/mol. The summed E-state index contributed by atoms with van der Waals surface area (Å²) in [6.45, 7) is 6.69. The zero-order valence-electron chi connectivity index (χ0n) is 10.9. The van der Waals surface area contributed by atoms with E-state index in [0.29, 0.717) is 18.0 Å². The summed E-state index contributed by atoms with van der Waals surface area (Å²) in [5.41, 5.74) is 2.13. The van der Waals surface area contributed by atoms with Gasteiger partial charge in [0.05, 0.1) is 4.90 Å². The minimum atomic E-state index is -3.33. The van der Waals surface area contributed by atoms with Gasteiger partial charge in [-0.15, -0.1) is 0 Å². The number of benzene rings is 1. The summed E-state index contributed by atoms with van der Waals surface area (Å²) in [4.78, 5) is 0.410. The van der Waals surface area contributed by atoms with Crippen molar-refractivity contribution in [3.05, 3.63) is 29.3 Å². The van der Waals surface area contributed by atoms with Crippen molar-refractivity contribution in [1.82, 2.24) is 9.62 Å². The highest BCUT2D eigenvalue weighted by Crippen LogP contribution is 2.19. The van der Waals surface area contributed by atoms with Gasteiger partial charge in [0.2, 0.25) is 10.0 Å². The number of aryl methyl sites for hydroxylation is 2. The van der Waals surface area contributed by atoms with Gasteiger partial charge >= 0.3 is 0 Å². The molecule has 100 valence electrons. The normalized spacial score (nSPS) is 18.6. The van der Waals surface area contributed by atoms with Crippen molar-refractivity contribution in [2.45, 2.75) is 25.2 Å². The van der Waals surface area contributed by atoms with Crippen LogP contribution in [0, 0.1) is 13.8 Å². The van der Waals surface area contributed by atoms with Crippen molar-refractivity contribution in [1.29, 1.82) is 0 Å². The molecule has 0 aliphatic carbocycles. The molecule has 4 nitrogen and oxygen atoms in total. The number of rotatable bonds is 2. The molecule has 1 aromatic rings. The van der Waals surface area contributed by atoms with E-state index in [1.165, 1.54) is 0 Å². The van der Waals surface area contributed by atoms with E-state index >= 15 is 0 Å². The van der Waals surface area contributed by atoms with Gasteiger partial charge in [-0.1, -0.05) is 6.07 Å². The van der Waals surface area contributed by atoms with Crippen LogP contribution in [0.15, 0.2) is 23.1 Å². The van der Waals surface area contributed by atoms with Gasteiger partial charge in [-0.3, -0.25) is 0 Å². The van der Waals surface area contributed by atoms with E-state index < -0.39 is 10.0 Å². The number of sulfonamides is 1. The Kier molecular flexibility index (Phi) is 4.04. The van der Waals surface area contributed by atoms with Gasteiger partial charge in [-0.25, -0.2) is 8.42 Å². The van der Waals surface area contributed by atoms with E-state index in [9.17, 15) is 8.42 Å². The fourth-order valence-corrected chi connectivity index (χ4v) is 3.65. The fraction of sp³-hybridized carbons (Fsp3) is 0.538. The zero-order valence-corrected chi connectivity index (χ0v) is 11.8. The van der Waals surface area contributed by atoms with Crippen molar-refractivity contribution < 1.29 is 8.42 Å². The quantitative estimate of drug-likeness (QED) is 0.879. The predicted molar refractivity (Wildman–Crippen MR) is 72.2 cm³/mol. The first-order chi connectivity index (χ1) is 8.51. The standard InChI is InChI=1S/C13H20N2O2S/c1-11-4-5-13(10-12(11)2)18(16,17)15-8-3-6-14-7-9-15/h4-5,10,14H,3,6-9H2,1-2H3. The second-order valence-electron chi connectivity index (χ2n) is 4.75. The van der Waals surface area contributed by atoms with Gasteiger partial charge in [-0.05, 0) is 50.1 Å². The van der Waals surface area contributed by atoms with Crippen molar-refractivity contribution in [2.24, 2.45) is 0 Å². The van der Waals surface area contributed by atoms with Crippen LogP contribution in [-0.2, 0) is 10.0 Å². The fourth-order valence-electron chi connectivity index (χ4n) is 2.08. The lowest BCUT2D eigenvalue weighted by Gasteiger charge is -2.20. The lowest BCUT2D eigenvalue weighted by atomic mass is 10.1. The van der Waals surface area contributed by atoms with E-state index in [-0.39, 0.29) is 0 Å². The lowest BCUT2D eigenvalue weighted by Crippen LogP contribution is -2.34. The number of hydrogen-bond donors (Lipinski definition) is 1. The molecule has 1 aromatic carbocycles. The number of hydrogen-bond acceptors (Lipinski definition) is 3. The molecule has 0 saturated carbocycles. The highest BCUT2D eigenvalue weighted by Gasteiger charge is 2.25. The Morgan fingerprint density at radius 2 is 1.89 bits per heavy atom. The molecule has 1 aliphatic rings. The lowest BCUT2D eigenvalue weighted by molar-refractivity contribution is 0.432. The molecule has 0 aromatic heterocycles. The Hall–Kier alpha value is -0.910. The van der Waals surface area contributed by atoms with Crippen molar-refractivity contribution >= 4 is 10.0 Å². The molecular formula is C13H20N2O2S. The highest BCUT2D eigenvalue weighted by molar-refractivity contribution is 7.89.